The Morgan fingerprint density at radius 2 is 1.58 bits per heavy atom. The second-order valence-corrected chi connectivity index (χ2v) is 17.0. The normalized spacial score (nSPS) is 45.7. The van der Waals surface area contributed by atoms with Crippen molar-refractivity contribution in [3.63, 3.8) is 0 Å². The lowest BCUT2D eigenvalue weighted by atomic mass is 9.33. The van der Waals surface area contributed by atoms with Gasteiger partial charge in [0.15, 0.2) is 5.78 Å². The average Bonchev–Trinajstić information content (AvgIpc) is 2.98. The molecule has 4 saturated carbocycles. The van der Waals surface area contributed by atoms with Gasteiger partial charge in [0.25, 0.3) is 0 Å². The van der Waals surface area contributed by atoms with E-state index in [2.05, 4.69) is 54.5 Å². The van der Waals surface area contributed by atoms with E-state index in [-0.39, 0.29) is 50.7 Å². The molecular weight excluding hydrogens is 530 g/mol. The van der Waals surface area contributed by atoms with Crippen LogP contribution in [0.25, 0.3) is 0 Å². The second-order valence-electron chi connectivity index (χ2n) is 17.0. The van der Waals surface area contributed by atoms with Crippen molar-refractivity contribution in [2.45, 2.75) is 112 Å². The molecule has 2 N–H and O–H groups in total. The Morgan fingerprint density at radius 1 is 0.884 bits per heavy atom. The van der Waals surface area contributed by atoms with Crippen LogP contribution in [0.4, 0.5) is 0 Å². The Labute approximate surface area is 261 Å². The third-order valence-corrected chi connectivity index (χ3v) is 15.4. The first-order valence-electron chi connectivity index (χ1n) is 17.3. The van der Waals surface area contributed by atoms with Crippen LogP contribution in [0.5, 0.6) is 0 Å². The summed E-state index contributed by atoms with van der Waals surface area (Å²) >= 11 is 0. The first kappa shape index (κ1) is 31.1. The number of benzene rings is 1. The monoisotopic (exact) mass is 587 g/mol. The van der Waals surface area contributed by atoms with E-state index in [1.807, 2.05) is 30.3 Å². The van der Waals surface area contributed by atoms with Gasteiger partial charge in [-0.25, -0.2) is 0 Å². The molecule has 236 valence electrons. The molecule has 1 aromatic carbocycles. The Morgan fingerprint density at radius 3 is 2.26 bits per heavy atom. The summed E-state index contributed by atoms with van der Waals surface area (Å²) in [6.07, 6.45) is 12.1. The van der Waals surface area contributed by atoms with E-state index in [9.17, 15) is 9.59 Å². The van der Waals surface area contributed by atoms with E-state index in [0.29, 0.717) is 23.7 Å². The van der Waals surface area contributed by atoms with E-state index in [0.717, 1.165) is 56.9 Å². The molecule has 4 heteroatoms. The molecule has 0 spiro atoms. The van der Waals surface area contributed by atoms with Crippen molar-refractivity contribution in [1.29, 1.82) is 0 Å². The zero-order valence-electron chi connectivity index (χ0n) is 28.2. The summed E-state index contributed by atoms with van der Waals surface area (Å²) in [6.45, 7) is 17.3. The molecule has 0 aliphatic heterocycles. The number of allylic oxidation sites excluding steroid dienone is 2. The van der Waals surface area contributed by atoms with Gasteiger partial charge in [-0.3, -0.25) is 9.59 Å². The van der Waals surface area contributed by atoms with Crippen LogP contribution in [0.1, 0.15) is 118 Å². The first-order chi connectivity index (χ1) is 20.2. The number of methoxy groups -OCH3 is 1. The number of ketones is 1. The molecule has 0 amide bonds. The molecule has 0 aromatic heterocycles. The van der Waals surface area contributed by atoms with Gasteiger partial charge in [0.2, 0.25) is 0 Å². The van der Waals surface area contributed by atoms with Crippen molar-refractivity contribution < 1.29 is 14.3 Å². The molecule has 6 rings (SSSR count). The predicted octanol–water partition coefficient (Wildman–Crippen LogP) is 8.70. The van der Waals surface area contributed by atoms with Gasteiger partial charge in [-0.2, -0.15) is 0 Å². The summed E-state index contributed by atoms with van der Waals surface area (Å²) in [4.78, 5) is 27.6. The van der Waals surface area contributed by atoms with E-state index >= 15 is 0 Å². The predicted molar refractivity (Wildman–Crippen MR) is 173 cm³/mol. The van der Waals surface area contributed by atoms with Crippen molar-refractivity contribution in [2.75, 3.05) is 7.11 Å². The number of carbonyl (C=O) groups is 2. The van der Waals surface area contributed by atoms with E-state index in [4.69, 9.17) is 10.5 Å². The lowest BCUT2D eigenvalue weighted by molar-refractivity contribution is -0.199. The molecule has 5 aliphatic carbocycles. The third kappa shape index (κ3) is 4.09. The molecule has 11 atom stereocenters. The second kappa shape index (κ2) is 10.3. The van der Waals surface area contributed by atoms with Crippen LogP contribution in [0.15, 0.2) is 42.0 Å². The molecular formula is C39H57NO3. The molecule has 4 nitrogen and oxygen atoms in total. The number of nitrogens with two attached hydrogens (primary N) is 1. The third-order valence-electron chi connectivity index (χ3n) is 15.4. The minimum Gasteiger partial charge on any atom is -0.469 e. The van der Waals surface area contributed by atoms with Crippen LogP contribution < -0.4 is 5.73 Å². The fourth-order valence-electron chi connectivity index (χ4n) is 12.6. The standard InChI is InChI=1S/C39H57NO3/c1-24-16-21-39(34(42)43-8)23-22-37(6)27(31(39)25(24)2)14-15-30-36(5)19-17-28(33(41)32(40)26-12-10-9-11-13-26)35(3,4)29(36)18-20-38(30,37)7/h9-14,24-25,28-32H,15-23,40H2,1-8H3/t24-,25+,28-,29+,30-,31+,32+,36+,37-,38-,39+/m1/s1. The quantitative estimate of drug-likeness (QED) is 0.283. The van der Waals surface area contributed by atoms with Crippen LogP contribution in [0.3, 0.4) is 0 Å². The summed E-state index contributed by atoms with van der Waals surface area (Å²) in [5.74, 6) is 2.63. The number of Topliss-reactive ketones (excluding diaryl/α,β-unsaturated/α-hetero) is 1. The number of hydrogen-bond donors (Lipinski definition) is 1. The summed E-state index contributed by atoms with van der Waals surface area (Å²) in [5.41, 5.74) is 9.08. The minimum atomic E-state index is -0.556. The Bertz CT molecular complexity index is 1300. The van der Waals surface area contributed by atoms with Crippen molar-refractivity contribution >= 4 is 11.8 Å². The van der Waals surface area contributed by atoms with Crippen molar-refractivity contribution in [3.8, 4) is 0 Å². The topological polar surface area (TPSA) is 69.4 Å². The zero-order chi connectivity index (χ0) is 31.2. The van der Waals surface area contributed by atoms with Crippen LogP contribution in [0.2, 0.25) is 0 Å². The maximum Gasteiger partial charge on any atom is 0.312 e. The SMILES string of the molecule is COC(=O)[C@]12CC[C@@H](C)[C@H](C)[C@H]1C1=CC[C@@H]3[C@@]4(C)CC[C@H](C(=O)[C@@H](N)c5ccccc5)C(C)(C)[C@@H]4CC[C@@]3(C)[C@]1(C)CC2. The fourth-order valence-corrected chi connectivity index (χ4v) is 12.6. The molecule has 1 aromatic rings. The highest BCUT2D eigenvalue weighted by Crippen LogP contribution is 2.76. The molecule has 4 fully saturated rings. The Kier molecular flexibility index (Phi) is 7.43. The van der Waals surface area contributed by atoms with E-state index in [1.165, 1.54) is 6.42 Å². The number of fused-ring (bicyclic) bond motifs is 7. The molecule has 5 aliphatic rings. The summed E-state index contributed by atoms with van der Waals surface area (Å²) < 4.78 is 5.56. The van der Waals surface area contributed by atoms with Gasteiger partial charge >= 0.3 is 5.97 Å². The van der Waals surface area contributed by atoms with Gasteiger partial charge in [0, 0.05) is 5.92 Å². The van der Waals surface area contributed by atoms with Gasteiger partial charge in [-0.1, -0.05) is 90.4 Å². The number of esters is 1. The van der Waals surface area contributed by atoms with Gasteiger partial charge in [0.1, 0.15) is 0 Å². The Hall–Kier alpha value is -1.94. The van der Waals surface area contributed by atoms with Crippen molar-refractivity contribution in [3.05, 3.63) is 47.5 Å². The highest BCUT2D eigenvalue weighted by atomic mass is 16.5. The van der Waals surface area contributed by atoms with Crippen molar-refractivity contribution in [1.82, 2.24) is 0 Å². The highest BCUT2D eigenvalue weighted by molar-refractivity contribution is 5.88. The van der Waals surface area contributed by atoms with Crippen LogP contribution in [0, 0.1) is 62.6 Å². The van der Waals surface area contributed by atoms with E-state index in [1.54, 1.807) is 12.7 Å². The highest BCUT2D eigenvalue weighted by Gasteiger charge is 2.70. The maximum atomic E-state index is 14.0. The smallest absolute Gasteiger partial charge is 0.312 e. The maximum absolute atomic E-state index is 14.0. The first-order valence-corrected chi connectivity index (χ1v) is 17.3. The summed E-state index contributed by atoms with van der Waals surface area (Å²) in [6, 6.07) is 9.38. The lowest BCUT2D eigenvalue weighted by Gasteiger charge is -2.71. The Balaban J connectivity index is 1.35. The zero-order valence-corrected chi connectivity index (χ0v) is 28.2. The van der Waals surface area contributed by atoms with Crippen molar-refractivity contribution in [2.24, 2.45) is 68.3 Å². The largest absolute Gasteiger partial charge is 0.469 e. The lowest BCUT2D eigenvalue weighted by Crippen LogP contribution is -2.65. The van der Waals surface area contributed by atoms with Gasteiger partial charge in [-0.05, 0) is 115 Å². The average molecular weight is 588 g/mol. The van der Waals surface area contributed by atoms with E-state index < -0.39 is 6.04 Å². The fraction of sp³-hybridized carbons (Fsp3) is 0.744. The van der Waals surface area contributed by atoms with Crippen LogP contribution in [-0.2, 0) is 14.3 Å². The molecule has 43 heavy (non-hydrogen) atoms. The van der Waals surface area contributed by atoms with Crippen LogP contribution in [-0.4, -0.2) is 18.9 Å². The molecule has 0 bridgehead atoms. The van der Waals surface area contributed by atoms with Gasteiger partial charge in [0.05, 0.1) is 18.6 Å². The number of rotatable bonds is 4. The minimum absolute atomic E-state index is 0.0182. The summed E-state index contributed by atoms with van der Waals surface area (Å²) in [7, 11) is 1.59. The number of hydrogen-bond acceptors (Lipinski definition) is 4. The molecule has 0 unspecified atom stereocenters. The molecule has 0 radical (unpaired) electrons. The molecule has 0 heterocycles. The number of carbonyl (C=O) groups excluding carboxylic acids is 2. The number of ether oxygens (including phenoxy) is 1. The van der Waals surface area contributed by atoms with Crippen LogP contribution >= 0.6 is 0 Å². The molecule has 0 saturated heterocycles. The van der Waals surface area contributed by atoms with Gasteiger partial charge in [-0.15, -0.1) is 0 Å². The van der Waals surface area contributed by atoms with Gasteiger partial charge < -0.3 is 10.5 Å². The summed E-state index contributed by atoms with van der Waals surface area (Å²) in [5, 5.41) is 0.